The van der Waals surface area contributed by atoms with E-state index in [9.17, 15) is 26.4 Å². The molecule has 0 aliphatic carbocycles. The third-order valence-corrected chi connectivity index (χ3v) is 10.3. The van der Waals surface area contributed by atoms with Crippen LogP contribution in [-0.4, -0.2) is 104 Å². The van der Waals surface area contributed by atoms with Crippen LogP contribution in [0, 0.1) is 6.92 Å². The lowest BCUT2D eigenvalue weighted by Gasteiger charge is -2.32. The van der Waals surface area contributed by atoms with Crippen LogP contribution in [0.5, 0.6) is 0 Å². The second kappa shape index (κ2) is 12.7. The van der Waals surface area contributed by atoms with E-state index < -0.39 is 21.8 Å². The summed E-state index contributed by atoms with van der Waals surface area (Å²) in [5.41, 5.74) is 1.44. The van der Waals surface area contributed by atoms with Crippen LogP contribution >= 0.6 is 0 Å². The Hall–Kier alpha value is -4.35. The van der Waals surface area contributed by atoms with Crippen LogP contribution in [0.1, 0.15) is 29.5 Å². The van der Waals surface area contributed by atoms with Gasteiger partial charge in [-0.15, -0.1) is 0 Å². The number of nitrogens with one attached hydrogen (secondary N) is 1. The Kier molecular flexibility index (Phi) is 8.80. The van der Waals surface area contributed by atoms with Crippen molar-refractivity contribution in [3.8, 4) is 16.9 Å². The molecule has 0 spiro atoms. The van der Waals surface area contributed by atoms with Crippen molar-refractivity contribution < 1.29 is 26.4 Å². The van der Waals surface area contributed by atoms with Gasteiger partial charge in [-0.2, -0.15) is 22.6 Å². The highest BCUT2D eigenvalue weighted by atomic mass is 32.2. The van der Waals surface area contributed by atoms with E-state index in [4.69, 9.17) is 0 Å². The number of amides is 1. The number of aryl methyl sites for hydroxylation is 2. The van der Waals surface area contributed by atoms with Gasteiger partial charge in [-0.1, -0.05) is 12.1 Å². The van der Waals surface area contributed by atoms with Gasteiger partial charge in [-0.25, -0.2) is 28.1 Å². The third-order valence-electron chi connectivity index (χ3n) is 8.47. The largest absolute Gasteiger partial charge is 0.419 e. The first-order chi connectivity index (χ1) is 22.3. The van der Waals surface area contributed by atoms with Crippen molar-refractivity contribution >= 4 is 21.9 Å². The minimum Gasteiger partial charge on any atom is -0.351 e. The lowest BCUT2D eigenvalue weighted by Crippen LogP contribution is -2.47. The summed E-state index contributed by atoms with van der Waals surface area (Å²) in [5, 5.41) is 7.41. The maximum atomic E-state index is 14.1. The van der Waals surface area contributed by atoms with Crippen molar-refractivity contribution in [1.82, 2.24) is 43.4 Å². The molecular formula is C30H35F3N10O3S. The van der Waals surface area contributed by atoms with Crippen molar-refractivity contribution in [2.75, 3.05) is 45.1 Å². The van der Waals surface area contributed by atoms with E-state index in [1.807, 2.05) is 25.1 Å². The van der Waals surface area contributed by atoms with Gasteiger partial charge in [-0.3, -0.25) is 9.69 Å². The van der Waals surface area contributed by atoms with Crippen molar-refractivity contribution in [3.05, 3.63) is 66.0 Å². The van der Waals surface area contributed by atoms with E-state index >= 15 is 0 Å². The van der Waals surface area contributed by atoms with Crippen LogP contribution in [0.4, 0.5) is 19.1 Å². The van der Waals surface area contributed by atoms with Crippen molar-refractivity contribution in [3.63, 3.8) is 0 Å². The zero-order valence-corrected chi connectivity index (χ0v) is 27.0. The minimum absolute atomic E-state index is 0.00899. The average molecular weight is 673 g/mol. The molecule has 1 amide bonds. The number of aromatic nitrogens is 6. The number of piperidine rings is 1. The molecule has 5 heterocycles. The fourth-order valence-corrected chi connectivity index (χ4v) is 7.24. The first-order valence-electron chi connectivity index (χ1n) is 15.1. The van der Waals surface area contributed by atoms with Crippen molar-refractivity contribution in [2.45, 2.75) is 43.6 Å². The predicted molar refractivity (Wildman–Crippen MR) is 166 cm³/mol. The van der Waals surface area contributed by atoms with Crippen LogP contribution in [0.3, 0.4) is 0 Å². The van der Waals surface area contributed by atoms with E-state index in [-0.39, 0.29) is 47.3 Å². The molecule has 0 radical (unpaired) electrons. The number of likely N-dealkylation sites (N-methyl/N-ethyl adjacent to an activating group) is 1. The fourth-order valence-electron chi connectivity index (χ4n) is 5.81. The van der Waals surface area contributed by atoms with Gasteiger partial charge < -0.3 is 14.8 Å². The summed E-state index contributed by atoms with van der Waals surface area (Å²) in [6, 6.07) is 5.52. The SMILES string of the molecule is Cc1cc(CN2CCN(C)C(=O)C2)ccc1-n1cc(-c2nc(NC3CCN(S(=O)(=O)c4cn(C)cn4)CC3)ncc2C(F)(F)F)cn1. The number of anilines is 1. The smallest absolute Gasteiger partial charge is 0.351 e. The van der Waals surface area contributed by atoms with Gasteiger partial charge in [0.1, 0.15) is 5.56 Å². The number of imidazole rings is 1. The minimum atomic E-state index is -4.71. The molecule has 0 atom stereocenters. The Morgan fingerprint density at radius 3 is 2.45 bits per heavy atom. The number of carbonyl (C=O) groups is 1. The number of alkyl halides is 3. The van der Waals surface area contributed by atoms with Gasteiger partial charge in [0.25, 0.3) is 10.0 Å². The number of piperazine rings is 1. The molecule has 0 bridgehead atoms. The van der Waals surface area contributed by atoms with E-state index in [0.717, 1.165) is 23.9 Å². The van der Waals surface area contributed by atoms with Gasteiger partial charge >= 0.3 is 6.18 Å². The van der Waals surface area contributed by atoms with Gasteiger partial charge in [0.15, 0.2) is 5.03 Å². The van der Waals surface area contributed by atoms with Crippen LogP contribution in [-0.2, 0) is 34.6 Å². The summed E-state index contributed by atoms with van der Waals surface area (Å²) in [4.78, 5) is 28.0. The standard InChI is InChI=1S/C30H35F3N10O3S/c1-20-12-21(15-41-11-10-40(3)27(44)18-41)4-5-25(20)43-16-22(13-36-43)28-24(30(31,32)33)14-34-29(38-28)37-23-6-8-42(9-7-23)47(45,46)26-17-39(2)19-35-26/h4-5,12-14,16-17,19,23H,6-11,15,18H2,1-3H3,(H,34,37,38). The molecule has 3 aromatic heterocycles. The summed E-state index contributed by atoms with van der Waals surface area (Å²) in [7, 11) is -0.270. The highest BCUT2D eigenvalue weighted by Crippen LogP contribution is 2.36. The van der Waals surface area contributed by atoms with Crippen LogP contribution < -0.4 is 5.32 Å². The van der Waals surface area contributed by atoms with Crippen molar-refractivity contribution in [1.29, 1.82) is 0 Å². The van der Waals surface area contributed by atoms with Gasteiger partial charge in [0, 0.05) is 77.0 Å². The molecule has 2 aliphatic heterocycles. The fraction of sp³-hybridized carbons (Fsp3) is 0.433. The first-order valence-corrected chi connectivity index (χ1v) is 16.5. The maximum Gasteiger partial charge on any atom is 0.419 e. The lowest BCUT2D eigenvalue weighted by molar-refractivity contribution is -0.137. The van der Waals surface area contributed by atoms with Crippen molar-refractivity contribution in [2.24, 2.45) is 7.05 Å². The number of hydrogen-bond donors (Lipinski definition) is 1. The molecule has 6 rings (SSSR count). The normalized spacial score (nSPS) is 17.4. The summed E-state index contributed by atoms with van der Waals surface area (Å²) in [6.07, 6.45) is 2.57. The van der Waals surface area contributed by atoms with E-state index in [0.29, 0.717) is 38.2 Å². The Balaban J connectivity index is 1.17. The molecule has 1 N–H and O–H groups in total. The molecule has 0 unspecified atom stereocenters. The van der Waals surface area contributed by atoms with E-state index in [2.05, 4.69) is 30.3 Å². The molecule has 1 aromatic carbocycles. The topological polar surface area (TPSA) is 134 Å². The second-order valence-electron chi connectivity index (χ2n) is 12.0. The number of hydrogen-bond acceptors (Lipinski definition) is 9. The van der Waals surface area contributed by atoms with Crippen LogP contribution in [0.2, 0.25) is 0 Å². The monoisotopic (exact) mass is 672 g/mol. The van der Waals surface area contributed by atoms with E-state index in [1.54, 1.807) is 23.6 Å². The summed E-state index contributed by atoms with van der Waals surface area (Å²) in [5.74, 6) is 0.0853. The number of sulfonamides is 1. The highest BCUT2D eigenvalue weighted by Gasteiger charge is 2.36. The molecular weight excluding hydrogens is 637 g/mol. The quantitative estimate of drug-likeness (QED) is 0.300. The Labute approximate surface area is 270 Å². The zero-order chi connectivity index (χ0) is 33.5. The molecule has 2 aliphatic rings. The zero-order valence-electron chi connectivity index (χ0n) is 26.1. The second-order valence-corrected chi connectivity index (χ2v) is 13.9. The average Bonchev–Trinajstić information content (AvgIpc) is 3.69. The molecule has 47 heavy (non-hydrogen) atoms. The summed E-state index contributed by atoms with van der Waals surface area (Å²) < 4.78 is 72.5. The molecule has 4 aromatic rings. The molecule has 250 valence electrons. The van der Waals surface area contributed by atoms with E-state index in [1.165, 1.54) is 33.9 Å². The van der Waals surface area contributed by atoms with Gasteiger partial charge in [0.2, 0.25) is 11.9 Å². The molecule has 17 heteroatoms. The molecule has 2 saturated heterocycles. The highest BCUT2D eigenvalue weighted by molar-refractivity contribution is 7.89. The number of halogens is 3. The molecule has 2 fully saturated rings. The molecule has 0 saturated carbocycles. The van der Waals surface area contributed by atoms with Crippen LogP contribution in [0.15, 0.2) is 54.3 Å². The first kappa shape index (κ1) is 32.6. The third kappa shape index (κ3) is 7.01. The number of benzene rings is 1. The van der Waals surface area contributed by atoms with Gasteiger partial charge in [-0.05, 0) is 37.0 Å². The lowest BCUT2D eigenvalue weighted by atomic mass is 10.1. The van der Waals surface area contributed by atoms with Crippen LogP contribution in [0.25, 0.3) is 16.9 Å². The number of nitrogens with zero attached hydrogens (tertiary/aromatic N) is 9. The Morgan fingerprint density at radius 2 is 1.79 bits per heavy atom. The Morgan fingerprint density at radius 1 is 1.02 bits per heavy atom. The van der Waals surface area contributed by atoms with Gasteiger partial charge in [0.05, 0.1) is 30.5 Å². The number of rotatable bonds is 8. The predicted octanol–water partition coefficient (Wildman–Crippen LogP) is 2.93. The summed E-state index contributed by atoms with van der Waals surface area (Å²) >= 11 is 0. The maximum absolute atomic E-state index is 14.1. The number of carbonyl (C=O) groups excluding carboxylic acids is 1. The molecule has 13 nitrogen and oxygen atoms in total. The Bertz CT molecular complexity index is 1880. The summed E-state index contributed by atoms with van der Waals surface area (Å²) in [6.45, 7) is 4.72.